The molecule has 0 unspecified atom stereocenters. The van der Waals surface area contributed by atoms with Gasteiger partial charge in [0.1, 0.15) is 6.54 Å². The molecule has 0 bridgehead atoms. The van der Waals surface area contributed by atoms with Crippen LogP contribution in [0.25, 0.3) is 0 Å². The largest absolute Gasteiger partial charge is 0.370 e. The lowest BCUT2D eigenvalue weighted by molar-refractivity contribution is -0.122. The van der Waals surface area contributed by atoms with E-state index in [0.717, 1.165) is 37.5 Å². The average Bonchev–Trinajstić information content (AvgIpc) is 2.41. The molecule has 0 saturated carbocycles. The van der Waals surface area contributed by atoms with Gasteiger partial charge in [-0.25, -0.2) is 4.68 Å². The molecule has 0 spiro atoms. The molecule has 1 aromatic rings. The Hall–Kier alpha value is -1.65. The van der Waals surface area contributed by atoms with E-state index in [1.54, 1.807) is 12.3 Å². The van der Waals surface area contributed by atoms with Crippen LogP contribution in [0.5, 0.6) is 0 Å². The molecule has 1 aliphatic heterocycles. The maximum atomic E-state index is 12.0. The normalized spacial score (nSPS) is 16.7. The fourth-order valence-corrected chi connectivity index (χ4v) is 2.31. The predicted molar refractivity (Wildman–Crippen MR) is 79.0 cm³/mol. The zero-order chi connectivity index (χ0) is 14.7. The topological polar surface area (TPSA) is 55.2 Å². The molecule has 2 heterocycles. The molecule has 2 rings (SSSR count). The van der Waals surface area contributed by atoms with Gasteiger partial charge < -0.3 is 4.90 Å². The average molecular weight is 277 g/mol. The molecule has 5 heteroatoms. The second kappa shape index (κ2) is 6.20. The van der Waals surface area contributed by atoms with E-state index < -0.39 is 0 Å². The van der Waals surface area contributed by atoms with Crippen LogP contribution >= 0.6 is 0 Å². The minimum absolute atomic E-state index is 0.0270. The zero-order valence-electron chi connectivity index (χ0n) is 12.5. The summed E-state index contributed by atoms with van der Waals surface area (Å²) in [6, 6.07) is 1.59. The van der Waals surface area contributed by atoms with Crippen molar-refractivity contribution in [3.8, 4) is 0 Å². The third kappa shape index (κ3) is 3.46. The molecule has 1 fully saturated rings. The molecule has 0 aliphatic carbocycles. The lowest BCUT2D eigenvalue weighted by atomic mass is 9.99. The lowest BCUT2D eigenvalue weighted by Crippen LogP contribution is -2.35. The van der Waals surface area contributed by atoms with Crippen LogP contribution in [0.3, 0.4) is 0 Å². The number of carbonyl (C=O) groups is 1. The van der Waals surface area contributed by atoms with Gasteiger partial charge in [0.05, 0.1) is 11.9 Å². The molecule has 0 amide bonds. The van der Waals surface area contributed by atoms with Crippen LogP contribution in [0.2, 0.25) is 0 Å². The molecule has 5 nitrogen and oxygen atoms in total. The van der Waals surface area contributed by atoms with Crippen molar-refractivity contribution in [2.45, 2.75) is 40.2 Å². The van der Waals surface area contributed by atoms with Gasteiger partial charge in [-0.2, -0.15) is 5.10 Å². The quantitative estimate of drug-likeness (QED) is 0.840. The SMILES string of the molecule is CC1CCN(c2cnn(CC(=O)C(C)C)c(=O)c2)CC1. The van der Waals surface area contributed by atoms with Crippen LogP contribution in [0, 0.1) is 11.8 Å². The van der Waals surface area contributed by atoms with E-state index in [1.165, 1.54) is 4.68 Å². The molecule has 20 heavy (non-hydrogen) atoms. The number of anilines is 1. The number of rotatable bonds is 4. The summed E-state index contributed by atoms with van der Waals surface area (Å²) in [5.74, 6) is 0.703. The van der Waals surface area contributed by atoms with Gasteiger partial charge in [-0.3, -0.25) is 9.59 Å². The first kappa shape index (κ1) is 14.8. The highest BCUT2D eigenvalue weighted by Crippen LogP contribution is 2.20. The van der Waals surface area contributed by atoms with Crippen molar-refractivity contribution in [3.63, 3.8) is 0 Å². The number of hydrogen-bond acceptors (Lipinski definition) is 4. The summed E-state index contributed by atoms with van der Waals surface area (Å²) in [5.41, 5.74) is 0.672. The molecule has 0 N–H and O–H groups in total. The standard InChI is InChI=1S/C15H23N3O2/c1-11(2)14(19)10-18-15(20)8-13(9-16-18)17-6-4-12(3)5-7-17/h8-9,11-12H,4-7,10H2,1-3H3. The molecule has 110 valence electrons. The molecular weight excluding hydrogens is 254 g/mol. The van der Waals surface area contributed by atoms with Gasteiger partial charge in [-0.05, 0) is 18.8 Å². The predicted octanol–water partition coefficient (Wildman–Crippen LogP) is 1.70. The highest BCUT2D eigenvalue weighted by atomic mass is 16.1. The Morgan fingerprint density at radius 2 is 2.05 bits per heavy atom. The molecule has 0 aromatic carbocycles. The van der Waals surface area contributed by atoms with Crippen molar-refractivity contribution >= 4 is 11.5 Å². The van der Waals surface area contributed by atoms with E-state index in [9.17, 15) is 9.59 Å². The van der Waals surface area contributed by atoms with Crippen LogP contribution in [-0.4, -0.2) is 28.7 Å². The Morgan fingerprint density at radius 3 is 2.60 bits per heavy atom. The van der Waals surface area contributed by atoms with Crippen LogP contribution < -0.4 is 10.5 Å². The smallest absolute Gasteiger partial charge is 0.269 e. The lowest BCUT2D eigenvalue weighted by Gasteiger charge is -2.31. The first-order chi connectivity index (χ1) is 9.47. The van der Waals surface area contributed by atoms with Crippen molar-refractivity contribution in [2.75, 3.05) is 18.0 Å². The second-order valence-electron chi connectivity index (χ2n) is 6.00. The summed E-state index contributed by atoms with van der Waals surface area (Å²) in [7, 11) is 0. The van der Waals surface area contributed by atoms with Gasteiger partial charge in [0, 0.05) is 25.1 Å². The first-order valence-electron chi connectivity index (χ1n) is 7.32. The van der Waals surface area contributed by atoms with Gasteiger partial charge in [-0.1, -0.05) is 20.8 Å². The zero-order valence-corrected chi connectivity index (χ0v) is 12.5. The van der Waals surface area contributed by atoms with E-state index in [1.807, 2.05) is 13.8 Å². The monoisotopic (exact) mass is 277 g/mol. The number of aromatic nitrogens is 2. The van der Waals surface area contributed by atoms with Crippen molar-refractivity contribution in [3.05, 3.63) is 22.6 Å². The Morgan fingerprint density at radius 1 is 1.40 bits per heavy atom. The van der Waals surface area contributed by atoms with Crippen molar-refractivity contribution in [1.29, 1.82) is 0 Å². The molecule has 0 radical (unpaired) electrons. The maximum Gasteiger partial charge on any atom is 0.269 e. The van der Waals surface area contributed by atoms with Crippen molar-refractivity contribution < 1.29 is 4.79 Å². The van der Waals surface area contributed by atoms with Gasteiger partial charge >= 0.3 is 0 Å². The minimum atomic E-state index is -0.199. The number of hydrogen-bond donors (Lipinski definition) is 0. The van der Waals surface area contributed by atoms with Crippen LogP contribution in [0.4, 0.5) is 5.69 Å². The third-order valence-electron chi connectivity index (χ3n) is 3.95. The Kier molecular flexibility index (Phi) is 4.57. The summed E-state index contributed by atoms with van der Waals surface area (Å²) in [6.07, 6.45) is 3.99. The van der Waals surface area contributed by atoms with Crippen LogP contribution in [0.1, 0.15) is 33.6 Å². The highest BCUT2D eigenvalue weighted by molar-refractivity contribution is 5.79. The van der Waals surface area contributed by atoms with E-state index in [2.05, 4.69) is 16.9 Å². The summed E-state index contributed by atoms with van der Waals surface area (Å²) < 4.78 is 1.25. The Labute approximate surface area is 119 Å². The summed E-state index contributed by atoms with van der Waals surface area (Å²) >= 11 is 0. The highest BCUT2D eigenvalue weighted by Gasteiger charge is 2.17. The minimum Gasteiger partial charge on any atom is -0.370 e. The van der Waals surface area contributed by atoms with E-state index in [-0.39, 0.29) is 23.8 Å². The molecule has 0 atom stereocenters. The summed E-state index contributed by atoms with van der Waals surface area (Å²) in [6.45, 7) is 7.92. The molecular formula is C15H23N3O2. The van der Waals surface area contributed by atoms with Crippen LogP contribution in [0.15, 0.2) is 17.1 Å². The third-order valence-corrected chi connectivity index (χ3v) is 3.95. The van der Waals surface area contributed by atoms with Gasteiger partial charge in [-0.15, -0.1) is 0 Å². The Balaban J connectivity index is 2.10. The number of Topliss-reactive ketones (excluding diaryl/α,β-unsaturated/α-hetero) is 1. The van der Waals surface area contributed by atoms with E-state index >= 15 is 0 Å². The number of piperidine rings is 1. The van der Waals surface area contributed by atoms with Crippen LogP contribution in [-0.2, 0) is 11.3 Å². The molecule has 1 aliphatic rings. The van der Waals surface area contributed by atoms with Gasteiger partial charge in [0.15, 0.2) is 5.78 Å². The number of nitrogens with zero attached hydrogens (tertiary/aromatic N) is 3. The maximum absolute atomic E-state index is 12.0. The fraction of sp³-hybridized carbons (Fsp3) is 0.667. The summed E-state index contributed by atoms with van der Waals surface area (Å²) in [5, 5.41) is 4.14. The number of ketones is 1. The van der Waals surface area contributed by atoms with Gasteiger partial charge in [0.25, 0.3) is 5.56 Å². The first-order valence-corrected chi connectivity index (χ1v) is 7.32. The van der Waals surface area contributed by atoms with E-state index in [0.29, 0.717) is 0 Å². The second-order valence-corrected chi connectivity index (χ2v) is 6.00. The van der Waals surface area contributed by atoms with Crippen molar-refractivity contribution in [2.24, 2.45) is 11.8 Å². The molecule has 1 aromatic heterocycles. The Bertz CT molecular complexity index is 528. The number of carbonyl (C=O) groups excluding carboxylic acids is 1. The summed E-state index contributed by atoms with van der Waals surface area (Å²) in [4.78, 5) is 25.9. The van der Waals surface area contributed by atoms with E-state index in [4.69, 9.17) is 0 Å². The fourth-order valence-electron chi connectivity index (χ4n) is 2.31. The molecule has 1 saturated heterocycles. The van der Waals surface area contributed by atoms with Gasteiger partial charge in [0.2, 0.25) is 0 Å². The van der Waals surface area contributed by atoms with Crippen molar-refractivity contribution in [1.82, 2.24) is 9.78 Å².